The molecular formula is C12H18ClFIN3O. The van der Waals surface area contributed by atoms with Crippen molar-refractivity contribution in [3.8, 4) is 0 Å². The number of nitrogens with zero attached hydrogens (tertiary/aromatic N) is 1. The minimum absolute atomic E-state index is 0. The Balaban J connectivity index is 0.00000324. The second-order valence-corrected chi connectivity index (χ2v) is 4.36. The third-order valence-corrected chi connectivity index (χ3v) is 2.52. The van der Waals surface area contributed by atoms with Crippen LogP contribution in [0.2, 0.25) is 5.02 Å². The van der Waals surface area contributed by atoms with Crippen molar-refractivity contribution < 1.29 is 9.13 Å². The molecule has 1 atom stereocenters. The molecule has 0 aliphatic rings. The van der Waals surface area contributed by atoms with Crippen molar-refractivity contribution in [2.24, 2.45) is 10.7 Å². The first-order chi connectivity index (χ1) is 8.52. The molecule has 0 saturated heterocycles. The molecule has 108 valence electrons. The van der Waals surface area contributed by atoms with Crippen LogP contribution in [0, 0.1) is 5.82 Å². The van der Waals surface area contributed by atoms with Crippen molar-refractivity contribution in [2.45, 2.75) is 19.5 Å². The van der Waals surface area contributed by atoms with E-state index in [1.807, 2.05) is 6.92 Å². The molecule has 0 fully saturated rings. The first-order valence-corrected chi connectivity index (χ1v) is 5.90. The summed E-state index contributed by atoms with van der Waals surface area (Å²) in [6, 6.07) is 4.54. The van der Waals surface area contributed by atoms with Crippen molar-refractivity contribution in [2.75, 3.05) is 13.7 Å². The molecule has 0 aliphatic carbocycles. The Morgan fingerprint density at radius 2 is 2.26 bits per heavy atom. The predicted molar refractivity (Wildman–Crippen MR) is 86.6 cm³/mol. The van der Waals surface area contributed by atoms with E-state index in [4.69, 9.17) is 22.1 Å². The molecule has 0 amide bonds. The van der Waals surface area contributed by atoms with E-state index < -0.39 is 5.82 Å². The second-order valence-electron chi connectivity index (χ2n) is 3.95. The summed E-state index contributed by atoms with van der Waals surface area (Å²) in [4.78, 5) is 4.13. The Morgan fingerprint density at radius 1 is 1.58 bits per heavy atom. The van der Waals surface area contributed by atoms with E-state index >= 15 is 0 Å². The van der Waals surface area contributed by atoms with Crippen molar-refractivity contribution in [1.82, 2.24) is 5.32 Å². The fraction of sp³-hybridized carbons (Fsp3) is 0.417. The quantitative estimate of drug-likeness (QED) is 0.453. The van der Waals surface area contributed by atoms with Crippen LogP contribution in [0.25, 0.3) is 0 Å². The van der Waals surface area contributed by atoms with Gasteiger partial charge in [-0.1, -0.05) is 17.7 Å². The van der Waals surface area contributed by atoms with Gasteiger partial charge in [-0.05, 0) is 24.6 Å². The Labute approximate surface area is 134 Å². The number of halogens is 3. The van der Waals surface area contributed by atoms with Crippen molar-refractivity contribution in [3.05, 3.63) is 34.6 Å². The first-order valence-electron chi connectivity index (χ1n) is 5.52. The zero-order valence-electron chi connectivity index (χ0n) is 10.8. The standard InChI is InChI=1S/C12H17ClFN3O.HI/c1-8(7-18-2)17-12(15)16-6-9-3-4-11(14)10(13)5-9;/h3-5,8H,6-7H2,1-2H3,(H3,15,16,17);1H. The molecule has 0 saturated carbocycles. The van der Waals surface area contributed by atoms with Crippen LogP contribution in [0.5, 0.6) is 0 Å². The monoisotopic (exact) mass is 401 g/mol. The summed E-state index contributed by atoms with van der Waals surface area (Å²) < 4.78 is 17.9. The van der Waals surface area contributed by atoms with Crippen LogP contribution in [0.4, 0.5) is 4.39 Å². The average molecular weight is 402 g/mol. The molecule has 1 rings (SSSR count). The van der Waals surface area contributed by atoms with E-state index in [0.29, 0.717) is 19.1 Å². The summed E-state index contributed by atoms with van der Waals surface area (Å²) in [5.41, 5.74) is 6.49. The SMILES string of the molecule is COCC(C)NC(N)=NCc1ccc(F)c(Cl)c1.I. The fourth-order valence-electron chi connectivity index (χ4n) is 1.40. The number of hydrogen-bond donors (Lipinski definition) is 2. The minimum Gasteiger partial charge on any atom is -0.383 e. The van der Waals surface area contributed by atoms with Gasteiger partial charge in [0.25, 0.3) is 0 Å². The summed E-state index contributed by atoms with van der Waals surface area (Å²) in [6.45, 7) is 2.82. The van der Waals surface area contributed by atoms with Crippen LogP contribution in [-0.4, -0.2) is 25.7 Å². The number of benzene rings is 1. The van der Waals surface area contributed by atoms with Gasteiger partial charge < -0.3 is 15.8 Å². The van der Waals surface area contributed by atoms with Crippen LogP contribution < -0.4 is 11.1 Å². The Morgan fingerprint density at radius 3 is 2.84 bits per heavy atom. The van der Waals surface area contributed by atoms with Crippen LogP contribution in [-0.2, 0) is 11.3 Å². The molecule has 7 heteroatoms. The summed E-state index contributed by atoms with van der Waals surface area (Å²) in [5.74, 6) is -0.121. The van der Waals surface area contributed by atoms with Gasteiger partial charge in [0, 0.05) is 13.2 Å². The summed E-state index contributed by atoms with van der Waals surface area (Å²) in [6.07, 6.45) is 0. The van der Waals surface area contributed by atoms with Gasteiger partial charge in [-0.15, -0.1) is 24.0 Å². The van der Waals surface area contributed by atoms with Crippen LogP contribution in [0.15, 0.2) is 23.2 Å². The lowest BCUT2D eigenvalue weighted by atomic mass is 10.2. The lowest BCUT2D eigenvalue weighted by molar-refractivity contribution is 0.179. The van der Waals surface area contributed by atoms with E-state index in [2.05, 4.69) is 10.3 Å². The van der Waals surface area contributed by atoms with Gasteiger partial charge in [-0.2, -0.15) is 0 Å². The molecule has 0 heterocycles. The van der Waals surface area contributed by atoms with Gasteiger partial charge in [-0.3, -0.25) is 0 Å². The maximum absolute atomic E-state index is 12.9. The molecule has 4 nitrogen and oxygen atoms in total. The third kappa shape index (κ3) is 6.93. The van der Waals surface area contributed by atoms with Gasteiger partial charge in [0.05, 0.1) is 18.2 Å². The van der Waals surface area contributed by atoms with Gasteiger partial charge in [0.1, 0.15) is 5.82 Å². The van der Waals surface area contributed by atoms with Crippen LogP contribution >= 0.6 is 35.6 Å². The Bertz CT molecular complexity index is 431. The lowest BCUT2D eigenvalue weighted by Gasteiger charge is -2.13. The number of aliphatic imine (C=N–C) groups is 1. The van der Waals surface area contributed by atoms with Gasteiger partial charge in [-0.25, -0.2) is 9.38 Å². The molecule has 1 aromatic carbocycles. The van der Waals surface area contributed by atoms with Gasteiger partial charge in [0.2, 0.25) is 0 Å². The molecule has 1 aromatic rings. The Kier molecular flexibility index (Phi) is 9.03. The number of hydrogen-bond acceptors (Lipinski definition) is 2. The summed E-state index contributed by atoms with van der Waals surface area (Å²) >= 11 is 5.67. The molecule has 0 spiro atoms. The van der Waals surface area contributed by atoms with Crippen LogP contribution in [0.3, 0.4) is 0 Å². The normalized spacial score (nSPS) is 12.7. The molecule has 0 aromatic heterocycles. The minimum atomic E-state index is -0.441. The van der Waals surface area contributed by atoms with Crippen molar-refractivity contribution in [3.63, 3.8) is 0 Å². The summed E-state index contributed by atoms with van der Waals surface area (Å²) in [5, 5.41) is 3.06. The van der Waals surface area contributed by atoms with Crippen LogP contribution in [0.1, 0.15) is 12.5 Å². The van der Waals surface area contributed by atoms with E-state index in [9.17, 15) is 4.39 Å². The van der Waals surface area contributed by atoms with E-state index in [0.717, 1.165) is 5.56 Å². The molecule has 0 aliphatic heterocycles. The fourth-order valence-corrected chi connectivity index (χ4v) is 1.61. The molecule has 1 unspecified atom stereocenters. The third-order valence-electron chi connectivity index (χ3n) is 2.23. The van der Waals surface area contributed by atoms with Gasteiger partial charge >= 0.3 is 0 Å². The summed E-state index contributed by atoms with van der Waals surface area (Å²) in [7, 11) is 1.62. The average Bonchev–Trinajstić information content (AvgIpc) is 2.31. The number of nitrogens with two attached hydrogens (primary N) is 1. The topological polar surface area (TPSA) is 59.6 Å². The van der Waals surface area contributed by atoms with Crippen molar-refractivity contribution in [1.29, 1.82) is 0 Å². The lowest BCUT2D eigenvalue weighted by Crippen LogP contribution is -2.40. The zero-order chi connectivity index (χ0) is 13.5. The van der Waals surface area contributed by atoms with Gasteiger partial charge in [0.15, 0.2) is 5.96 Å². The maximum atomic E-state index is 12.9. The first kappa shape index (κ1) is 18.4. The van der Waals surface area contributed by atoms with E-state index in [-0.39, 0.29) is 35.0 Å². The highest BCUT2D eigenvalue weighted by molar-refractivity contribution is 14.0. The smallest absolute Gasteiger partial charge is 0.189 e. The molecular weight excluding hydrogens is 384 g/mol. The molecule has 19 heavy (non-hydrogen) atoms. The maximum Gasteiger partial charge on any atom is 0.189 e. The number of ether oxygens (including phenoxy) is 1. The molecule has 3 N–H and O–H groups in total. The predicted octanol–water partition coefficient (Wildman–Crippen LogP) is 2.54. The highest BCUT2D eigenvalue weighted by Gasteiger charge is 2.03. The van der Waals surface area contributed by atoms with Crippen molar-refractivity contribution >= 4 is 41.5 Å². The van der Waals surface area contributed by atoms with E-state index in [1.54, 1.807) is 13.2 Å². The number of nitrogens with one attached hydrogen (secondary N) is 1. The number of methoxy groups -OCH3 is 1. The second kappa shape index (κ2) is 9.33. The van der Waals surface area contributed by atoms with E-state index in [1.165, 1.54) is 12.1 Å². The zero-order valence-corrected chi connectivity index (χ0v) is 13.9. The number of rotatable bonds is 5. The Hall–Kier alpha value is -0.600. The molecule has 0 bridgehead atoms. The highest BCUT2D eigenvalue weighted by atomic mass is 127. The largest absolute Gasteiger partial charge is 0.383 e. The number of guanidine groups is 1. The molecule has 0 radical (unpaired) electrons. The highest BCUT2D eigenvalue weighted by Crippen LogP contribution is 2.16.